The van der Waals surface area contributed by atoms with Crippen molar-refractivity contribution < 1.29 is 28.9 Å². The largest absolute Gasteiger partial charge is 0.543 e. The van der Waals surface area contributed by atoms with Gasteiger partial charge in [0.2, 0.25) is 11.5 Å². The van der Waals surface area contributed by atoms with Crippen LogP contribution in [0.5, 0.6) is 0 Å². The average molecular weight is 536 g/mol. The lowest BCUT2D eigenvalue weighted by Gasteiger charge is -2.50. The van der Waals surface area contributed by atoms with Gasteiger partial charge in [-0.1, -0.05) is 5.16 Å². The van der Waals surface area contributed by atoms with Gasteiger partial charge >= 0.3 is 0 Å². The smallest absolute Gasteiger partial charge is 0.278 e. The van der Waals surface area contributed by atoms with Gasteiger partial charge in [-0.3, -0.25) is 14.5 Å². The molecule has 0 radical (unpaired) electrons. The number of nitrogen functional groups attached to an aromatic ring is 1. The fourth-order valence-corrected chi connectivity index (χ4v) is 5.72. The van der Waals surface area contributed by atoms with Crippen LogP contribution in [0.1, 0.15) is 12.7 Å². The Bertz CT molecular complexity index is 1210. The number of hydrogen-bond donors (Lipinski definition) is 2. The van der Waals surface area contributed by atoms with Crippen LogP contribution in [0.2, 0.25) is 0 Å². The SMILES string of the molecule is CCON=C(C(=O)NC1C(=O)N2C(C(=O)[O-])=C(C[n+]3ccc(SC)cc3)CS[C@H]12)c1nsc(N)n1. The maximum atomic E-state index is 12.9. The molecule has 2 aromatic rings. The quantitative estimate of drug-likeness (QED) is 0.133. The highest BCUT2D eigenvalue weighted by Gasteiger charge is 2.53. The molecule has 0 saturated carbocycles. The first-order valence-electron chi connectivity index (χ1n) is 10.4. The van der Waals surface area contributed by atoms with Gasteiger partial charge in [-0.15, -0.1) is 23.5 Å². The van der Waals surface area contributed by atoms with E-state index in [4.69, 9.17) is 10.6 Å². The fourth-order valence-electron chi connectivity index (χ4n) is 3.55. The molecular formula is C20H21N7O5S3. The van der Waals surface area contributed by atoms with E-state index in [1.165, 1.54) is 16.7 Å². The second-order valence-electron chi connectivity index (χ2n) is 7.32. The Morgan fingerprint density at radius 1 is 1.43 bits per heavy atom. The van der Waals surface area contributed by atoms with E-state index in [1.54, 1.807) is 18.7 Å². The minimum atomic E-state index is -1.44. The predicted octanol–water partition coefficient (Wildman–Crippen LogP) is -1.03. The Hall–Kier alpha value is -3.17. The molecule has 2 aliphatic heterocycles. The molecule has 1 saturated heterocycles. The van der Waals surface area contributed by atoms with Crippen LogP contribution in [0.25, 0.3) is 0 Å². The Balaban J connectivity index is 1.52. The summed E-state index contributed by atoms with van der Waals surface area (Å²) in [6, 6.07) is 2.89. The van der Waals surface area contributed by atoms with E-state index in [2.05, 4.69) is 19.8 Å². The number of thioether (sulfide) groups is 2. The highest BCUT2D eigenvalue weighted by molar-refractivity contribution is 8.00. The number of oxime groups is 1. The number of nitrogens with two attached hydrogens (primary N) is 1. The summed E-state index contributed by atoms with van der Waals surface area (Å²) < 4.78 is 5.81. The topological polar surface area (TPSA) is 167 Å². The molecule has 4 rings (SSSR count). The number of fused-ring (bicyclic) bond motifs is 1. The number of carboxylic acid groups (broad SMARTS) is 1. The van der Waals surface area contributed by atoms with Crippen molar-refractivity contribution in [3.8, 4) is 0 Å². The first-order chi connectivity index (χ1) is 16.8. The summed E-state index contributed by atoms with van der Waals surface area (Å²) in [5.74, 6) is -2.41. The van der Waals surface area contributed by atoms with Crippen molar-refractivity contribution in [2.45, 2.75) is 29.8 Å². The first kappa shape index (κ1) is 24.9. The number of pyridine rings is 1. The number of nitrogens with one attached hydrogen (secondary N) is 1. The van der Waals surface area contributed by atoms with Crippen molar-refractivity contribution in [2.24, 2.45) is 5.16 Å². The molecule has 0 spiro atoms. The van der Waals surface area contributed by atoms with Crippen LogP contribution < -0.4 is 20.7 Å². The third-order valence-corrected chi connectivity index (χ3v) is 7.78. The molecule has 35 heavy (non-hydrogen) atoms. The second-order valence-corrected chi connectivity index (χ2v) is 10.1. The zero-order chi connectivity index (χ0) is 25.1. The summed E-state index contributed by atoms with van der Waals surface area (Å²) in [5.41, 5.74) is 5.76. The van der Waals surface area contributed by atoms with Gasteiger partial charge in [0, 0.05) is 39.9 Å². The van der Waals surface area contributed by atoms with Crippen molar-refractivity contribution in [2.75, 3.05) is 24.3 Å². The highest BCUT2D eigenvalue weighted by Crippen LogP contribution is 2.40. The molecule has 1 fully saturated rings. The van der Waals surface area contributed by atoms with Crippen LogP contribution in [0.4, 0.5) is 5.13 Å². The van der Waals surface area contributed by atoms with Gasteiger partial charge in [0.1, 0.15) is 18.0 Å². The highest BCUT2D eigenvalue weighted by atomic mass is 32.2. The Labute approximate surface area is 212 Å². The molecule has 2 atom stereocenters. The van der Waals surface area contributed by atoms with Crippen LogP contribution in [0, 0.1) is 0 Å². The van der Waals surface area contributed by atoms with Gasteiger partial charge in [-0.2, -0.15) is 9.36 Å². The maximum absolute atomic E-state index is 12.9. The van der Waals surface area contributed by atoms with E-state index in [9.17, 15) is 19.5 Å². The molecular weight excluding hydrogens is 514 g/mol. The zero-order valence-electron chi connectivity index (χ0n) is 18.7. The third kappa shape index (κ3) is 5.11. The lowest BCUT2D eigenvalue weighted by molar-refractivity contribution is -0.689. The van der Waals surface area contributed by atoms with Crippen molar-refractivity contribution in [3.05, 3.63) is 41.6 Å². The van der Waals surface area contributed by atoms with Crippen LogP contribution in [0.15, 0.2) is 45.8 Å². The number of carbonyl (C=O) groups excluding carboxylic acids is 3. The molecule has 2 aliphatic rings. The fraction of sp³-hybridized carbons (Fsp3) is 0.350. The van der Waals surface area contributed by atoms with Crippen LogP contribution >= 0.6 is 35.1 Å². The normalized spacial score (nSPS) is 19.8. The van der Waals surface area contributed by atoms with Crippen LogP contribution in [0.3, 0.4) is 0 Å². The van der Waals surface area contributed by atoms with E-state index in [0.717, 1.165) is 16.4 Å². The van der Waals surface area contributed by atoms with E-state index < -0.39 is 29.2 Å². The molecule has 2 aromatic heterocycles. The molecule has 4 heterocycles. The number of aliphatic carboxylic acids is 1. The summed E-state index contributed by atoms with van der Waals surface area (Å²) in [6.45, 7) is 2.18. The minimum absolute atomic E-state index is 0.0273. The number of β-lactam (4-membered cyclic amide) rings is 1. The summed E-state index contributed by atoms with van der Waals surface area (Å²) in [7, 11) is 0. The predicted molar refractivity (Wildman–Crippen MR) is 128 cm³/mol. The number of amides is 2. The third-order valence-electron chi connectivity index (χ3n) is 5.15. The molecule has 0 bridgehead atoms. The van der Waals surface area contributed by atoms with Crippen molar-refractivity contribution >= 4 is 63.7 Å². The summed E-state index contributed by atoms with van der Waals surface area (Å²) in [5, 5.41) is 17.9. The van der Waals surface area contributed by atoms with Crippen molar-refractivity contribution in [1.82, 2.24) is 19.6 Å². The standard InChI is InChI=1S/C20H21N7O5S3/c1-3-32-24-12(15-23-20(21)35-25-15)16(28)22-13-17(29)27-14(19(30)31)10(9-34-18(13)27)8-26-6-4-11(33-2)5-7-26/h4-7,13,18H,3,8-9H2,1-2H3,(H3-,21,22,23,25,28,30,31)/t13?,18-/m1/s1. The summed E-state index contributed by atoms with van der Waals surface area (Å²) in [4.78, 5) is 49.0. The molecule has 2 amide bonds. The number of rotatable bonds is 9. The van der Waals surface area contributed by atoms with E-state index >= 15 is 0 Å². The molecule has 184 valence electrons. The molecule has 15 heteroatoms. The Kier molecular flexibility index (Phi) is 7.57. The average Bonchev–Trinajstić information content (AvgIpc) is 3.28. The molecule has 12 nitrogen and oxygen atoms in total. The van der Waals surface area contributed by atoms with Crippen molar-refractivity contribution in [3.63, 3.8) is 0 Å². The van der Waals surface area contributed by atoms with E-state index in [1.807, 2.05) is 35.3 Å². The molecule has 0 aromatic carbocycles. The number of carboxylic acids is 1. The lowest BCUT2D eigenvalue weighted by Crippen LogP contribution is -2.71. The van der Waals surface area contributed by atoms with Crippen molar-refractivity contribution in [1.29, 1.82) is 0 Å². The van der Waals surface area contributed by atoms with Gasteiger partial charge in [-0.25, -0.2) is 4.57 Å². The monoisotopic (exact) mass is 535 g/mol. The lowest BCUT2D eigenvalue weighted by atomic mass is 10.0. The van der Waals surface area contributed by atoms with Gasteiger partial charge in [0.05, 0.1) is 11.7 Å². The van der Waals surface area contributed by atoms with E-state index in [-0.39, 0.29) is 29.0 Å². The zero-order valence-corrected chi connectivity index (χ0v) is 21.1. The summed E-state index contributed by atoms with van der Waals surface area (Å²) in [6.07, 6.45) is 5.66. The van der Waals surface area contributed by atoms with Crippen LogP contribution in [-0.2, 0) is 25.8 Å². The van der Waals surface area contributed by atoms with Gasteiger partial charge in [0.25, 0.3) is 11.8 Å². The molecule has 0 aliphatic carbocycles. The maximum Gasteiger partial charge on any atom is 0.278 e. The van der Waals surface area contributed by atoms with Crippen LogP contribution in [-0.4, -0.2) is 67.8 Å². The summed E-state index contributed by atoms with van der Waals surface area (Å²) >= 11 is 3.84. The number of nitrogens with zero attached hydrogens (tertiary/aromatic N) is 5. The number of aromatic nitrogens is 3. The first-order valence-corrected chi connectivity index (χ1v) is 13.4. The van der Waals surface area contributed by atoms with Gasteiger partial charge in [-0.05, 0) is 13.2 Å². The number of carbonyl (C=O) groups is 3. The second kappa shape index (κ2) is 10.6. The minimum Gasteiger partial charge on any atom is -0.543 e. The number of hydrogen-bond acceptors (Lipinski definition) is 12. The van der Waals surface area contributed by atoms with E-state index in [0.29, 0.717) is 17.9 Å². The van der Waals surface area contributed by atoms with Gasteiger partial charge in [0.15, 0.2) is 24.1 Å². The molecule has 1 unspecified atom stereocenters. The number of anilines is 1. The molecule has 3 N–H and O–H groups in total. The van der Waals surface area contributed by atoms with Gasteiger partial charge < -0.3 is 25.8 Å². The Morgan fingerprint density at radius 3 is 2.77 bits per heavy atom. The Morgan fingerprint density at radius 2 is 2.17 bits per heavy atom.